The van der Waals surface area contributed by atoms with Crippen molar-refractivity contribution in [3.05, 3.63) is 23.8 Å². The van der Waals surface area contributed by atoms with Crippen LogP contribution in [0.15, 0.2) is 18.2 Å². The molecule has 0 radical (unpaired) electrons. The summed E-state index contributed by atoms with van der Waals surface area (Å²) in [5, 5.41) is 2.70. The lowest BCUT2D eigenvalue weighted by molar-refractivity contribution is -0.137. The third kappa shape index (κ3) is 4.88. The molecule has 2 aliphatic rings. The molecule has 2 saturated heterocycles. The fourth-order valence-electron chi connectivity index (χ4n) is 3.40. The van der Waals surface area contributed by atoms with E-state index in [1.165, 1.54) is 6.07 Å². The Kier molecular flexibility index (Phi) is 6.03. The number of ether oxygens (including phenoxy) is 1. The molecule has 0 spiro atoms. The minimum absolute atomic E-state index is 0.207. The molecule has 2 heterocycles. The summed E-state index contributed by atoms with van der Waals surface area (Å²) < 4.78 is 44.6. The van der Waals surface area contributed by atoms with Crippen molar-refractivity contribution in [1.82, 2.24) is 4.90 Å². The van der Waals surface area contributed by atoms with E-state index in [2.05, 4.69) is 5.32 Å². The Morgan fingerprint density at radius 2 is 1.77 bits per heavy atom. The maximum Gasteiger partial charge on any atom is 0.416 e. The van der Waals surface area contributed by atoms with Crippen LogP contribution in [-0.4, -0.2) is 56.7 Å². The van der Waals surface area contributed by atoms with Crippen LogP contribution in [0.4, 0.5) is 24.5 Å². The van der Waals surface area contributed by atoms with Crippen LogP contribution in [0.1, 0.15) is 24.8 Å². The van der Waals surface area contributed by atoms with Crippen LogP contribution < -0.4 is 10.2 Å². The van der Waals surface area contributed by atoms with E-state index in [9.17, 15) is 18.0 Å². The Morgan fingerprint density at radius 1 is 1.08 bits per heavy atom. The Balaban J connectivity index is 1.78. The highest BCUT2D eigenvalue weighted by atomic mass is 19.4. The van der Waals surface area contributed by atoms with E-state index in [-0.39, 0.29) is 18.1 Å². The summed E-state index contributed by atoms with van der Waals surface area (Å²) in [6.45, 7) is 4.11. The summed E-state index contributed by atoms with van der Waals surface area (Å²) in [6, 6.07) is 3.52. The number of carbonyl (C=O) groups excluding carboxylic acids is 1. The number of hydrogen-bond donors (Lipinski definition) is 1. The summed E-state index contributed by atoms with van der Waals surface area (Å²) >= 11 is 0. The average molecular weight is 371 g/mol. The van der Waals surface area contributed by atoms with Crippen molar-refractivity contribution in [3.8, 4) is 0 Å². The number of carbonyl (C=O) groups is 1. The largest absolute Gasteiger partial charge is 0.416 e. The molecule has 1 amide bonds. The standard InChI is InChI=1S/C18H24F3N3O2/c19-18(20,21)14-4-5-16(24-8-10-26-11-9-24)15(12-14)22-17(25)13-23-6-2-1-3-7-23/h4-5,12H,1-3,6-11,13H2,(H,22,25). The molecular formula is C18H24F3N3O2. The number of anilines is 2. The quantitative estimate of drug-likeness (QED) is 0.884. The molecule has 26 heavy (non-hydrogen) atoms. The molecule has 8 heteroatoms. The van der Waals surface area contributed by atoms with Gasteiger partial charge < -0.3 is 15.0 Å². The van der Waals surface area contributed by atoms with Crippen molar-refractivity contribution in [2.45, 2.75) is 25.4 Å². The zero-order valence-corrected chi connectivity index (χ0v) is 14.6. The highest BCUT2D eigenvalue weighted by Crippen LogP contribution is 2.35. The van der Waals surface area contributed by atoms with Gasteiger partial charge in [-0.3, -0.25) is 9.69 Å². The van der Waals surface area contributed by atoms with Crippen LogP contribution in [0, 0.1) is 0 Å². The fraction of sp³-hybridized carbons (Fsp3) is 0.611. The van der Waals surface area contributed by atoms with Crippen molar-refractivity contribution in [2.75, 3.05) is 56.2 Å². The highest BCUT2D eigenvalue weighted by Gasteiger charge is 2.32. The zero-order valence-electron chi connectivity index (χ0n) is 14.6. The Labute approximate surface area is 151 Å². The first-order chi connectivity index (χ1) is 12.4. The number of amides is 1. The topological polar surface area (TPSA) is 44.8 Å². The van der Waals surface area contributed by atoms with E-state index in [1.54, 1.807) is 0 Å². The first-order valence-electron chi connectivity index (χ1n) is 8.99. The third-order valence-corrected chi connectivity index (χ3v) is 4.77. The van der Waals surface area contributed by atoms with Crippen LogP contribution in [0.2, 0.25) is 0 Å². The number of nitrogens with zero attached hydrogens (tertiary/aromatic N) is 2. The number of halogens is 3. The lowest BCUT2D eigenvalue weighted by Crippen LogP contribution is -2.38. The molecule has 2 fully saturated rings. The van der Waals surface area contributed by atoms with Gasteiger partial charge in [-0.25, -0.2) is 0 Å². The molecule has 0 bridgehead atoms. The normalized spacial score (nSPS) is 19.4. The number of hydrogen-bond acceptors (Lipinski definition) is 4. The summed E-state index contributed by atoms with van der Waals surface area (Å²) in [6.07, 6.45) is -1.19. The number of rotatable bonds is 4. The molecule has 0 atom stereocenters. The minimum atomic E-state index is -4.45. The molecule has 5 nitrogen and oxygen atoms in total. The molecule has 0 unspecified atom stereocenters. The van der Waals surface area contributed by atoms with E-state index < -0.39 is 11.7 Å². The molecule has 0 saturated carbocycles. The van der Waals surface area contributed by atoms with Crippen molar-refractivity contribution in [1.29, 1.82) is 0 Å². The number of likely N-dealkylation sites (tertiary alicyclic amines) is 1. The summed E-state index contributed by atoms with van der Waals surface area (Å²) in [5.74, 6) is -0.277. The van der Waals surface area contributed by atoms with Gasteiger partial charge >= 0.3 is 6.18 Å². The van der Waals surface area contributed by atoms with Gasteiger partial charge in [0.25, 0.3) is 0 Å². The fourth-order valence-corrected chi connectivity index (χ4v) is 3.40. The molecule has 1 aromatic rings. The Morgan fingerprint density at radius 3 is 2.42 bits per heavy atom. The lowest BCUT2D eigenvalue weighted by atomic mass is 10.1. The summed E-state index contributed by atoms with van der Waals surface area (Å²) in [7, 11) is 0. The van der Waals surface area contributed by atoms with Crippen molar-refractivity contribution < 1.29 is 22.7 Å². The second-order valence-corrected chi connectivity index (χ2v) is 6.71. The van der Waals surface area contributed by atoms with E-state index >= 15 is 0 Å². The number of benzene rings is 1. The van der Waals surface area contributed by atoms with Crippen LogP contribution in [-0.2, 0) is 15.7 Å². The van der Waals surface area contributed by atoms with Gasteiger partial charge in [0.2, 0.25) is 5.91 Å². The Bertz CT molecular complexity index is 625. The second-order valence-electron chi connectivity index (χ2n) is 6.71. The molecule has 3 rings (SSSR count). The van der Waals surface area contributed by atoms with Crippen molar-refractivity contribution >= 4 is 17.3 Å². The van der Waals surface area contributed by atoms with Crippen LogP contribution in [0.5, 0.6) is 0 Å². The SMILES string of the molecule is O=C(CN1CCCCC1)Nc1cc(C(F)(F)F)ccc1N1CCOCC1. The van der Waals surface area contributed by atoms with Gasteiger partial charge in [-0.05, 0) is 44.1 Å². The summed E-state index contributed by atoms with van der Waals surface area (Å²) in [5.41, 5.74) is 0.0554. The number of nitrogens with one attached hydrogen (secondary N) is 1. The van der Waals surface area contributed by atoms with Crippen LogP contribution in [0.25, 0.3) is 0 Å². The monoisotopic (exact) mass is 371 g/mol. The predicted molar refractivity (Wildman–Crippen MR) is 93.4 cm³/mol. The average Bonchev–Trinajstić information content (AvgIpc) is 2.62. The first kappa shape index (κ1) is 19.0. The summed E-state index contributed by atoms with van der Waals surface area (Å²) in [4.78, 5) is 16.4. The number of morpholine rings is 1. The first-order valence-corrected chi connectivity index (χ1v) is 8.99. The van der Waals surface area contributed by atoms with Gasteiger partial charge in [-0.2, -0.15) is 13.2 Å². The van der Waals surface area contributed by atoms with Crippen molar-refractivity contribution in [2.24, 2.45) is 0 Å². The lowest BCUT2D eigenvalue weighted by Gasteiger charge is -2.31. The molecule has 2 aliphatic heterocycles. The van der Waals surface area contributed by atoms with Gasteiger partial charge in [0.1, 0.15) is 0 Å². The molecule has 0 aromatic heterocycles. The molecule has 1 aromatic carbocycles. The number of alkyl halides is 3. The van der Waals surface area contributed by atoms with E-state index in [4.69, 9.17) is 4.74 Å². The van der Waals surface area contributed by atoms with Gasteiger partial charge in [-0.1, -0.05) is 6.42 Å². The molecular weight excluding hydrogens is 347 g/mol. The van der Waals surface area contributed by atoms with Gasteiger partial charge in [0, 0.05) is 13.1 Å². The zero-order chi connectivity index (χ0) is 18.6. The maximum atomic E-state index is 13.1. The molecule has 0 aliphatic carbocycles. The second kappa shape index (κ2) is 8.26. The highest BCUT2D eigenvalue weighted by molar-refractivity contribution is 5.95. The van der Waals surface area contributed by atoms with E-state index in [0.717, 1.165) is 44.5 Å². The smallest absolute Gasteiger partial charge is 0.378 e. The van der Waals surface area contributed by atoms with Crippen molar-refractivity contribution in [3.63, 3.8) is 0 Å². The minimum Gasteiger partial charge on any atom is -0.378 e. The van der Waals surface area contributed by atoms with Gasteiger partial charge in [-0.15, -0.1) is 0 Å². The van der Waals surface area contributed by atoms with E-state index in [0.29, 0.717) is 32.0 Å². The number of piperidine rings is 1. The van der Waals surface area contributed by atoms with Crippen LogP contribution in [0.3, 0.4) is 0 Å². The van der Waals surface area contributed by atoms with Gasteiger partial charge in [0.05, 0.1) is 36.7 Å². The Hall–Kier alpha value is -1.80. The predicted octanol–water partition coefficient (Wildman–Crippen LogP) is 2.97. The van der Waals surface area contributed by atoms with E-state index in [1.807, 2.05) is 9.80 Å². The van der Waals surface area contributed by atoms with Crippen LogP contribution >= 0.6 is 0 Å². The van der Waals surface area contributed by atoms with Gasteiger partial charge in [0.15, 0.2) is 0 Å². The maximum absolute atomic E-state index is 13.1. The molecule has 1 N–H and O–H groups in total. The molecule has 144 valence electrons. The third-order valence-electron chi connectivity index (χ3n) is 4.77.